The van der Waals surface area contributed by atoms with E-state index in [9.17, 15) is 13.2 Å². The zero-order chi connectivity index (χ0) is 14.9. The van der Waals surface area contributed by atoms with Gasteiger partial charge < -0.3 is 16.8 Å². The normalized spacial score (nSPS) is 11.4. The van der Waals surface area contributed by atoms with Gasteiger partial charge in [0.25, 0.3) is 0 Å². The van der Waals surface area contributed by atoms with E-state index >= 15 is 0 Å². The molecule has 0 saturated heterocycles. The van der Waals surface area contributed by atoms with Crippen LogP contribution in [0.4, 0.5) is 35.9 Å². The van der Waals surface area contributed by atoms with Crippen LogP contribution in [0.15, 0.2) is 36.4 Å². The number of hydrogen-bond acceptors (Lipinski definition) is 3. The minimum Gasteiger partial charge on any atom is -0.397 e. The van der Waals surface area contributed by atoms with E-state index in [-0.39, 0.29) is 5.02 Å². The molecule has 0 aliphatic rings. The fraction of sp³-hybridized carbons (Fsp3) is 0.0769. The molecule has 0 spiro atoms. The van der Waals surface area contributed by atoms with Gasteiger partial charge in [-0.1, -0.05) is 11.6 Å². The summed E-state index contributed by atoms with van der Waals surface area (Å²) in [6.07, 6.45) is -4.42. The standard InChI is InChI=1S/C13H11ClF3N3/c14-9-5-7(13(15,16)17)1-4-12(9)20-8-2-3-10(18)11(19)6-8/h1-6,20H,18-19H2. The van der Waals surface area contributed by atoms with E-state index in [1.54, 1.807) is 18.2 Å². The molecule has 2 aromatic carbocycles. The van der Waals surface area contributed by atoms with Crippen LogP contribution in [0.3, 0.4) is 0 Å². The number of benzene rings is 2. The maximum atomic E-state index is 12.5. The van der Waals surface area contributed by atoms with Gasteiger partial charge in [-0.25, -0.2) is 0 Å². The molecule has 0 atom stereocenters. The highest BCUT2D eigenvalue weighted by atomic mass is 35.5. The van der Waals surface area contributed by atoms with Gasteiger partial charge in [-0.2, -0.15) is 13.2 Å². The van der Waals surface area contributed by atoms with Crippen molar-refractivity contribution in [1.29, 1.82) is 0 Å². The van der Waals surface area contributed by atoms with Crippen LogP contribution >= 0.6 is 11.6 Å². The predicted octanol–water partition coefficient (Wildman–Crippen LogP) is 4.27. The van der Waals surface area contributed by atoms with Crippen LogP contribution in [0.1, 0.15) is 5.56 Å². The number of rotatable bonds is 2. The van der Waals surface area contributed by atoms with Gasteiger partial charge in [-0.05, 0) is 36.4 Å². The Labute approximate surface area is 118 Å². The highest BCUT2D eigenvalue weighted by Crippen LogP contribution is 2.35. The van der Waals surface area contributed by atoms with E-state index in [4.69, 9.17) is 23.1 Å². The van der Waals surface area contributed by atoms with Crippen LogP contribution in [-0.4, -0.2) is 0 Å². The van der Waals surface area contributed by atoms with Gasteiger partial charge in [0.15, 0.2) is 0 Å². The fourth-order valence-corrected chi connectivity index (χ4v) is 1.83. The molecule has 0 saturated carbocycles. The van der Waals surface area contributed by atoms with Crippen molar-refractivity contribution >= 4 is 34.4 Å². The van der Waals surface area contributed by atoms with Crippen LogP contribution < -0.4 is 16.8 Å². The number of halogens is 4. The summed E-state index contributed by atoms with van der Waals surface area (Å²) in [5.74, 6) is 0. The lowest BCUT2D eigenvalue weighted by Crippen LogP contribution is -2.05. The first-order valence-electron chi connectivity index (χ1n) is 5.56. The van der Waals surface area contributed by atoms with E-state index in [0.29, 0.717) is 22.7 Å². The Kier molecular flexibility index (Phi) is 3.67. The lowest BCUT2D eigenvalue weighted by atomic mass is 10.2. The first-order valence-corrected chi connectivity index (χ1v) is 5.94. The quantitative estimate of drug-likeness (QED) is 0.726. The SMILES string of the molecule is Nc1ccc(Nc2ccc(C(F)(F)F)cc2Cl)cc1N. The lowest BCUT2D eigenvalue weighted by molar-refractivity contribution is -0.137. The Hall–Kier alpha value is -2.08. The van der Waals surface area contributed by atoms with Crippen molar-refractivity contribution in [3.8, 4) is 0 Å². The molecule has 0 radical (unpaired) electrons. The second-order valence-corrected chi connectivity index (χ2v) is 4.57. The summed E-state index contributed by atoms with van der Waals surface area (Å²) in [5.41, 5.74) is 12.2. The predicted molar refractivity (Wildman–Crippen MR) is 75.0 cm³/mol. The van der Waals surface area contributed by atoms with Gasteiger partial charge >= 0.3 is 6.18 Å². The van der Waals surface area contributed by atoms with Crippen LogP contribution in [-0.2, 0) is 6.18 Å². The molecule has 0 aliphatic carbocycles. The third-order valence-corrected chi connectivity index (χ3v) is 2.97. The molecule has 20 heavy (non-hydrogen) atoms. The largest absolute Gasteiger partial charge is 0.416 e. The zero-order valence-electron chi connectivity index (χ0n) is 10.1. The van der Waals surface area contributed by atoms with Crippen LogP contribution in [0.25, 0.3) is 0 Å². The highest BCUT2D eigenvalue weighted by Gasteiger charge is 2.30. The number of nitrogens with one attached hydrogen (secondary N) is 1. The highest BCUT2D eigenvalue weighted by molar-refractivity contribution is 6.33. The topological polar surface area (TPSA) is 64.1 Å². The first-order chi connectivity index (χ1) is 9.27. The molecule has 3 nitrogen and oxygen atoms in total. The Morgan fingerprint density at radius 1 is 0.950 bits per heavy atom. The Bertz CT molecular complexity index is 641. The van der Waals surface area contributed by atoms with Crippen LogP contribution in [0.2, 0.25) is 5.02 Å². The molecule has 2 rings (SSSR count). The summed E-state index contributed by atoms with van der Waals surface area (Å²) in [5, 5.41) is 2.85. The lowest BCUT2D eigenvalue weighted by Gasteiger charge is -2.12. The van der Waals surface area contributed by atoms with E-state index in [2.05, 4.69) is 5.32 Å². The monoisotopic (exact) mass is 301 g/mol. The first kappa shape index (κ1) is 14.3. The van der Waals surface area contributed by atoms with Crippen LogP contribution in [0, 0.1) is 0 Å². The maximum absolute atomic E-state index is 12.5. The molecule has 2 aromatic rings. The van der Waals surface area contributed by atoms with Crippen molar-refractivity contribution in [3.63, 3.8) is 0 Å². The molecule has 0 unspecified atom stereocenters. The molecule has 0 bridgehead atoms. The number of nitrogen functional groups attached to an aromatic ring is 2. The number of anilines is 4. The van der Waals surface area contributed by atoms with Gasteiger partial charge in [0, 0.05) is 5.69 Å². The van der Waals surface area contributed by atoms with Crippen molar-refractivity contribution in [2.75, 3.05) is 16.8 Å². The fourth-order valence-electron chi connectivity index (χ4n) is 1.60. The number of alkyl halides is 3. The third-order valence-electron chi connectivity index (χ3n) is 2.66. The van der Waals surface area contributed by atoms with E-state index in [1.165, 1.54) is 6.07 Å². The third kappa shape index (κ3) is 3.08. The van der Waals surface area contributed by atoms with Crippen molar-refractivity contribution in [2.45, 2.75) is 6.18 Å². The molecule has 0 amide bonds. The molecule has 0 fully saturated rings. The molecule has 106 valence electrons. The molecule has 0 heterocycles. The van der Waals surface area contributed by atoms with E-state index in [0.717, 1.165) is 12.1 Å². The minimum absolute atomic E-state index is 0.0322. The maximum Gasteiger partial charge on any atom is 0.416 e. The van der Waals surface area contributed by atoms with Crippen molar-refractivity contribution < 1.29 is 13.2 Å². The summed E-state index contributed by atoms with van der Waals surface area (Å²) >= 11 is 5.84. The summed E-state index contributed by atoms with van der Waals surface area (Å²) in [6.45, 7) is 0. The number of hydrogen-bond donors (Lipinski definition) is 3. The Morgan fingerprint density at radius 3 is 2.20 bits per heavy atom. The molecule has 0 aliphatic heterocycles. The Morgan fingerprint density at radius 2 is 1.65 bits per heavy atom. The summed E-state index contributed by atoms with van der Waals surface area (Å²) in [4.78, 5) is 0. The molecular formula is C13H11ClF3N3. The van der Waals surface area contributed by atoms with Gasteiger partial charge in [0.05, 0.1) is 27.6 Å². The number of nitrogens with two attached hydrogens (primary N) is 2. The molecular weight excluding hydrogens is 291 g/mol. The van der Waals surface area contributed by atoms with Gasteiger partial charge in [-0.3, -0.25) is 0 Å². The molecule has 7 heteroatoms. The Balaban J connectivity index is 2.28. The van der Waals surface area contributed by atoms with Gasteiger partial charge in [0.1, 0.15) is 0 Å². The average molecular weight is 302 g/mol. The van der Waals surface area contributed by atoms with Crippen molar-refractivity contribution in [3.05, 3.63) is 47.0 Å². The second kappa shape index (κ2) is 5.13. The van der Waals surface area contributed by atoms with Crippen molar-refractivity contribution in [1.82, 2.24) is 0 Å². The average Bonchev–Trinajstić information content (AvgIpc) is 2.35. The summed E-state index contributed by atoms with van der Waals surface area (Å²) in [7, 11) is 0. The second-order valence-electron chi connectivity index (χ2n) is 4.16. The smallest absolute Gasteiger partial charge is 0.397 e. The van der Waals surface area contributed by atoms with Gasteiger partial charge in [0.2, 0.25) is 0 Å². The van der Waals surface area contributed by atoms with Crippen LogP contribution in [0.5, 0.6) is 0 Å². The van der Waals surface area contributed by atoms with E-state index in [1.807, 2.05) is 0 Å². The summed E-state index contributed by atoms with van der Waals surface area (Å²) in [6, 6.07) is 7.90. The van der Waals surface area contributed by atoms with Crippen molar-refractivity contribution in [2.24, 2.45) is 0 Å². The molecule has 0 aromatic heterocycles. The zero-order valence-corrected chi connectivity index (χ0v) is 10.9. The van der Waals surface area contributed by atoms with Gasteiger partial charge in [-0.15, -0.1) is 0 Å². The minimum atomic E-state index is -4.42. The van der Waals surface area contributed by atoms with E-state index < -0.39 is 11.7 Å². The molecule has 5 N–H and O–H groups in total. The summed E-state index contributed by atoms with van der Waals surface area (Å²) < 4.78 is 37.5.